The van der Waals surface area contributed by atoms with Gasteiger partial charge in [0.2, 0.25) is 0 Å². The number of hydrogen-bond donors (Lipinski definition) is 1. The second-order valence-corrected chi connectivity index (χ2v) is 5.17. The minimum atomic E-state index is 0.0215. The van der Waals surface area contributed by atoms with Crippen molar-refractivity contribution >= 4 is 11.6 Å². The Morgan fingerprint density at radius 3 is 2.27 bits per heavy atom. The van der Waals surface area contributed by atoms with Gasteiger partial charge in [0.25, 0.3) is 0 Å². The molecule has 2 nitrogen and oxygen atoms in total. The van der Waals surface area contributed by atoms with Crippen molar-refractivity contribution in [1.29, 1.82) is 0 Å². The van der Waals surface area contributed by atoms with E-state index in [1.807, 2.05) is 12.1 Å². The third kappa shape index (κ3) is 4.10. The van der Waals surface area contributed by atoms with Crippen LogP contribution in [0, 0.1) is 5.41 Å². The summed E-state index contributed by atoms with van der Waals surface area (Å²) >= 11 is 5.77. The molecule has 0 saturated carbocycles. The van der Waals surface area contributed by atoms with Crippen molar-refractivity contribution in [3.8, 4) is 5.75 Å². The first-order valence-corrected chi connectivity index (χ1v) is 5.41. The van der Waals surface area contributed by atoms with Crippen LogP contribution in [0.3, 0.4) is 0 Å². The molecule has 84 valence electrons. The Bertz CT molecular complexity index is 302. The molecule has 0 fully saturated rings. The first-order chi connectivity index (χ1) is 6.89. The van der Waals surface area contributed by atoms with Crippen LogP contribution in [-0.2, 0) is 0 Å². The van der Waals surface area contributed by atoms with Gasteiger partial charge in [0, 0.05) is 11.1 Å². The van der Waals surface area contributed by atoms with Crippen molar-refractivity contribution in [3.63, 3.8) is 0 Å². The van der Waals surface area contributed by atoms with E-state index in [0.29, 0.717) is 11.6 Å². The van der Waals surface area contributed by atoms with Crippen molar-refractivity contribution in [2.24, 2.45) is 11.1 Å². The number of ether oxygens (including phenoxy) is 1. The van der Waals surface area contributed by atoms with Crippen LogP contribution >= 0.6 is 11.6 Å². The summed E-state index contributed by atoms with van der Waals surface area (Å²) in [6.45, 7) is 6.82. The molecule has 1 atom stereocenters. The first kappa shape index (κ1) is 12.3. The van der Waals surface area contributed by atoms with Crippen molar-refractivity contribution in [2.45, 2.75) is 26.8 Å². The number of benzene rings is 1. The van der Waals surface area contributed by atoms with Crippen molar-refractivity contribution < 1.29 is 4.74 Å². The maximum absolute atomic E-state index is 5.98. The molecule has 0 spiro atoms. The average molecular weight is 228 g/mol. The Balaban J connectivity index is 2.47. The summed E-state index contributed by atoms with van der Waals surface area (Å²) in [6.07, 6.45) is 0. The lowest BCUT2D eigenvalue weighted by Crippen LogP contribution is -2.40. The predicted octanol–water partition coefficient (Wildman–Crippen LogP) is 3.09. The smallest absolute Gasteiger partial charge is 0.119 e. The largest absolute Gasteiger partial charge is 0.492 e. The Labute approximate surface area is 96.4 Å². The quantitative estimate of drug-likeness (QED) is 0.862. The third-order valence-electron chi connectivity index (χ3n) is 2.36. The molecule has 1 aromatic rings. The zero-order valence-corrected chi connectivity index (χ0v) is 10.2. The Morgan fingerprint density at radius 1 is 1.27 bits per heavy atom. The fraction of sp³-hybridized carbons (Fsp3) is 0.500. The predicted molar refractivity (Wildman–Crippen MR) is 64.4 cm³/mol. The summed E-state index contributed by atoms with van der Waals surface area (Å²) in [5, 5.41) is 0.711. The van der Waals surface area contributed by atoms with E-state index in [1.165, 1.54) is 0 Å². The van der Waals surface area contributed by atoms with E-state index in [4.69, 9.17) is 22.1 Å². The fourth-order valence-electron chi connectivity index (χ4n) is 0.967. The van der Waals surface area contributed by atoms with E-state index in [2.05, 4.69) is 20.8 Å². The van der Waals surface area contributed by atoms with E-state index in [0.717, 1.165) is 5.75 Å². The van der Waals surface area contributed by atoms with Gasteiger partial charge in [-0.05, 0) is 29.7 Å². The summed E-state index contributed by atoms with van der Waals surface area (Å²) in [5.74, 6) is 0.805. The summed E-state index contributed by atoms with van der Waals surface area (Å²) in [6, 6.07) is 7.32. The molecular weight excluding hydrogens is 210 g/mol. The molecule has 0 saturated heterocycles. The number of hydrogen-bond acceptors (Lipinski definition) is 2. The van der Waals surface area contributed by atoms with E-state index < -0.39 is 0 Å². The molecule has 0 radical (unpaired) electrons. The van der Waals surface area contributed by atoms with Gasteiger partial charge in [-0.25, -0.2) is 0 Å². The lowest BCUT2D eigenvalue weighted by molar-refractivity contribution is 0.205. The summed E-state index contributed by atoms with van der Waals surface area (Å²) < 4.78 is 5.57. The van der Waals surface area contributed by atoms with Gasteiger partial charge in [0.15, 0.2) is 0 Å². The first-order valence-electron chi connectivity index (χ1n) is 5.03. The fourth-order valence-corrected chi connectivity index (χ4v) is 1.09. The van der Waals surface area contributed by atoms with Gasteiger partial charge in [-0.1, -0.05) is 32.4 Å². The molecule has 1 rings (SSSR count). The van der Waals surface area contributed by atoms with Gasteiger partial charge >= 0.3 is 0 Å². The van der Waals surface area contributed by atoms with Crippen molar-refractivity contribution in [2.75, 3.05) is 6.61 Å². The molecule has 0 aliphatic rings. The van der Waals surface area contributed by atoms with E-state index in [9.17, 15) is 0 Å². The molecule has 0 aliphatic heterocycles. The SMILES string of the molecule is CC(C)(C)C(N)COc1ccc(Cl)cc1. The van der Waals surface area contributed by atoms with Gasteiger partial charge in [-0.15, -0.1) is 0 Å². The van der Waals surface area contributed by atoms with Gasteiger partial charge in [-0.2, -0.15) is 0 Å². The molecule has 3 heteroatoms. The second-order valence-electron chi connectivity index (χ2n) is 4.74. The maximum Gasteiger partial charge on any atom is 0.119 e. The molecule has 0 aliphatic carbocycles. The maximum atomic E-state index is 5.98. The molecule has 0 bridgehead atoms. The zero-order valence-electron chi connectivity index (χ0n) is 9.46. The monoisotopic (exact) mass is 227 g/mol. The molecule has 1 aromatic carbocycles. The normalized spacial score (nSPS) is 13.7. The van der Waals surface area contributed by atoms with Crippen LogP contribution in [0.4, 0.5) is 0 Å². The van der Waals surface area contributed by atoms with Crippen LogP contribution < -0.4 is 10.5 Å². The van der Waals surface area contributed by atoms with Gasteiger partial charge < -0.3 is 10.5 Å². The standard InChI is InChI=1S/C12H18ClNO/c1-12(2,3)11(14)8-15-10-6-4-9(13)5-7-10/h4-7,11H,8,14H2,1-3H3. The molecule has 2 N–H and O–H groups in total. The number of rotatable bonds is 3. The van der Waals surface area contributed by atoms with Crippen LogP contribution in [-0.4, -0.2) is 12.6 Å². The molecular formula is C12H18ClNO. The highest BCUT2D eigenvalue weighted by Gasteiger charge is 2.20. The lowest BCUT2D eigenvalue weighted by atomic mass is 9.88. The Morgan fingerprint density at radius 2 is 1.80 bits per heavy atom. The Kier molecular flexibility index (Phi) is 4.00. The van der Waals surface area contributed by atoms with E-state index >= 15 is 0 Å². The number of nitrogens with two attached hydrogens (primary N) is 1. The topological polar surface area (TPSA) is 35.2 Å². The van der Waals surface area contributed by atoms with Crippen molar-refractivity contribution in [3.05, 3.63) is 29.3 Å². The highest BCUT2D eigenvalue weighted by molar-refractivity contribution is 6.30. The van der Waals surface area contributed by atoms with Gasteiger partial charge in [0.1, 0.15) is 12.4 Å². The molecule has 1 unspecified atom stereocenters. The minimum Gasteiger partial charge on any atom is -0.492 e. The van der Waals surface area contributed by atoms with E-state index in [1.54, 1.807) is 12.1 Å². The van der Waals surface area contributed by atoms with Crippen LogP contribution in [0.5, 0.6) is 5.75 Å². The molecule has 15 heavy (non-hydrogen) atoms. The van der Waals surface area contributed by atoms with E-state index in [-0.39, 0.29) is 11.5 Å². The Hall–Kier alpha value is -0.730. The van der Waals surface area contributed by atoms with Crippen LogP contribution in [0.15, 0.2) is 24.3 Å². The highest BCUT2D eigenvalue weighted by Crippen LogP contribution is 2.20. The molecule has 0 heterocycles. The minimum absolute atomic E-state index is 0.0215. The zero-order chi connectivity index (χ0) is 11.5. The van der Waals surface area contributed by atoms with Crippen LogP contribution in [0.1, 0.15) is 20.8 Å². The number of halogens is 1. The summed E-state index contributed by atoms with van der Waals surface area (Å²) in [7, 11) is 0. The third-order valence-corrected chi connectivity index (χ3v) is 2.61. The summed E-state index contributed by atoms with van der Waals surface area (Å²) in [4.78, 5) is 0. The summed E-state index contributed by atoms with van der Waals surface area (Å²) in [5.41, 5.74) is 6.04. The van der Waals surface area contributed by atoms with Gasteiger partial charge in [-0.3, -0.25) is 0 Å². The van der Waals surface area contributed by atoms with Crippen LogP contribution in [0.25, 0.3) is 0 Å². The lowest BCUT2D eigenvalue weighted by Gasteiger charge is -2.26. The van der Waals surface area contributed by atoms with Gasteiger partial charge in [0.05, 0.1) is 0 Å². The van der Waals surface area contributed by atoms with Crippen LogP contribution in [0.2, 0.25) is 5.02 Å². The highest BCUT2D eigenvalue weighted by atomic mass is 35.5. The van der Waals surface area contributed by atoms with Crippen molar-refractivity contribution in [1.82, 2.24) is 0 Å². The average Bonchev–Trinajstić information content (AvgIpc) is 2.15. The second kappa shape index (κ2) is 4.86. The molecule has 0 amide bonds. The molecule has 0 aromatic heterocycles.